The summed E-state index contributed by atoms with van der Waals surface area (Å²) in [5.41, 5.74) is -8.54. The van der Waals surface area contributed by atoms with E-state index < -0.39 is 53.3 Å². The maximum Gasteiger partial charge on any atom is 0.416 e. The fourth-order valence-electron chi connectivity index (χ4n) is 4.82. The minimum atomic E-state index is -5.07. The van der Waals surface area contributed by atoms with Crippen LogP contribution in [0.3, 0.4) is 0 Å². The molecule has 0 aromatic rings. The predicted molar refractivity (Wildman–Crippen MR) is 65.9 cm³/mol. The molecule has 0 spiro atoms. The normalized spacial score (nSPS) is 46.6. The monoisotopic (exact) mass is 362 g/mol. The number of hydrogen-bond acceptors (Lipinski definition) is 5. The van der Waals surface area contributed by atoms with Crippen molar-refractivity contribution in [3.05, 3.63) is 0 Å². The third-order valence-electron chi connectivity index (χ3n) is 5.81. The van der Waals surface area contributed by atoms with Crippen LogP contribution in [0, 0.1) is 17.3 Å². The molecule has 24 heavy (non-hydrogen) atoms. The fraction of sp³-hybridized carbons (Fsp3) is 1.00. The van der Waals surface area contributed by atoms with Crippen LogP contribution < -0.4 is 0 Å². The van der Waals surface area contributed by atoms with Gasteiger partial charge >= 0.3 is 12.4 Å². The van der Waals surface area contributed by atoms with E-state index in [-0.39, 0.29) is 0 Å². The SMILES string of the molecule is CO[C@@H]1O[C@H](OC)[C@@H]2[C@H]1[C@]1(C(F)(F)F)N=N[C@@]2(C(F)(F)F)C1(C)C. The van der Waals surface area contributed by atoms with Gasteiger partial charge in [0.1, 0.15) is 0 Å². The van der Waals surface area contributed by atoms with Crippen molar-refractivity contribution in [1.82, 2.24) is 0 Å². The Kier molecular flexibility index (Phi) is 3.43. The van der Waals surface area contributed by atoms with Gasteiger partial charge in [-0.3, -0.25) is 0 Å². The smallest absolute Gasteiger partial charge is 0.355 e. The van der Waals surface area contributed by atoms with Gasteiger partial charge in [0.15, 0.2) is 23.7 Å². The summed E-state index contributed by atoms with van der Waals surface area (Å²) in [4.78, 5) is 0. The number of fused-ring (bicyclic) bond motifs is 5. The molecule has 1 saturated carbocycles. The van der Waals surface area contributed by atoms with Gasteiger partial charge in [-0.2, -0.15) is 36.6 Å². The minimum Gasteiger partial charge on any atom is -0.355 e. The number of methoxy groups -OCH3 is 2. The Bertz CT molecular complexity index is 531. The summed E-state index contributed by atoms with van der Waals surface area (Å²) in [7, 11) is 2.14. The number of ether oxygens (including phenoxy) is 3. The van der Waals surface area contributed by atoms with Crippen LogP contribution in [-0.4, -0.2) is 50.2 Å². The topological polar surface area (TPSA) is 52.4 Å². The van der Waals surface area contributed by atoms with Gasteiger partial charge in [0.25, 0.3) is 0 Å². The Balaban J connectivity index is 2.33. The zero-order valence-corrected chi connectivity index (χ0v) is 13.2. The Labute approximate surface area is 133 Å². The van der Waals surface area contributed by atoms with E-state index in [1.54, 1.807) is 0 Å². The quantitative estimate of drug-likeness (QED) is 0.709. The van der Waals surface area contributed by atoms with Crippen LogP contribution in [-0.2, 0) is 14.2 Å². The molecular weight excluding hydrogens is 346 g/mol. The van der Waals surface area contributed by atoms with Gasteiger partial charge in [-0.1, -0.05) is 13.8 Å². The molecule has 6 atom stereocenters. The Morgan fingerprint density at radius 3 is 1.38 bits per heavy atom. The predicted octanol–water partition coefficient (Wildman–Crippen LogP) is 3.30. The lowest BCUT2D eigenvalue weighted by Gasteiger charge is -2.43. The summed E-state index contributed by atoms with van der Waals surface area (Å²) in [6.45, 7) is 1.79. The van der Waals surface area contributed by atoms with Crippen LogP contribution in [0.1, 0.15) is 13.8 Å². The van der Waals surface area contributed by atoms with Crippen molar-refractivity contribution in [1.29, 1.82) is 0 Å². The van der Waals surface area contributed by atoms with Crippen LogP contribution in [0.4, 0.5) is 26.3 Å². The second-order valence-corrected chi connectivity index (χ2v) is 6.75. The van der Waals surface area contributed by atoms with E-state index in [1.165, 1.54) is 0 Å². The summed E-state index contributed by atoms with van der Waals surface area (Å²) >= 11 is 0. The molecule has 1 aliphatic carbocycles. The van der Waals surface area contributed by atoms with Crippen molar-refractivity contribution in [2.45, 2.75) is 49.9 Å². The molecule has 2 aliphatic heterocycles. The van der Waals surface area contributed by atoms with E-state index >= 15 is 0 Å². The molecule has 2 fully saturated rings. The second kappa shape index (κ2) is 4.61. The van der Waals surface area contributed by atoms with Gasteiger partial charge in [0, 0.05) is 19.6 Å². The zero-order chi connectivity index (χ0) is 18.3. The molecular formula is C13H16F6N2O3. The van der Waals surface area contributed by atoms with E-state index in [0.29, 0.717) is 0 Å². The van der Waals surface area contributed by atoms with Crippen LogP contribution in [0.25, 0.3) is 0 Å². The van der Waals surface area contributed by atoms with Crippen molar-refractivity contribution in [3.8, 4) is 0 Å². The molecule has 1 saturated heterocycles. The first-order valence-electron chi connectivity index (χ1n) is 7.12. The average Bonchev–Trinajstić information content (AvgIpc) is 2.98. The highest BCUT2D eigenvalue weighted by atomic mass is 19.4. The van der Waals surface area contributed by atoms with Crippen LogP contribution in [0.2, 0.25) is 0 Å². The van der Waals surface area contributed by atoms with Gasteiger partial charge < -0.3 is 14.2 Å². The molecule has 3 aliphatic rings. The fourth-order valence-corrected chi connectivity index (χ4v) is 4.82. The Hall–Kier alpha value is -0.940. The van der Waals surface area contributed by atoms with Crippen LogP contribution in [0.15, 0.2) is 10.2 Å². The highest BCUT2D eigenvalue weighted by Crippen LogP contribution is 2.77. The molecule has 0 N–H and O–H groups in total. The molecule has 138 valence electrons. The summed E-state index contributed by atoms with van der Waals surface area (Å²) in [6.07, 6.45) is -13.2. The molecule has 2 heterocycles. The summed E-state index contributed by atoms with van der Waals surface area (Å²) in [6, 6.07) is 0. The van der Waals surface area contributed by atoms with Gasteiger partial charge in [0.2, 0.25) is 0 Å². The van der Waals surface area contributed by atoms with E-state index in [2.05, 4.69) is 10.2 Å². The average molecular weight is 362 g/mol. The highest BCUT2D eigenvalue weighted by molar-refractivity contribution is 5.35. The van der Waals surface area contributed by atoms with Crippen molar-refractivity contribution in [2.75, 3.05) is 14.2 Å². The third-order valence-corrected chi connectivity index (χ3v) is 5.81. The summed E-state index contributed by atoms with van der Waals surface area (Å²) < 4.78 is 99.0. The lowest BCUT2D eigenvalue weighted by Crippen LogP contribution is -2.61. The number of azo groups is 1. The van der Waals surface area contributed by atoms with Crippen molar-refractivity contribution in [2.24, 2.45) is 27.5 Å². The largest absolute Gasteiger partial charge is 0.416 e. The first kappa shape index (κ1) is 17.9. The number of halogens is 6. The van der Waals surface area contributed by atoms with E-state index in [9.17, 15) is 26.3 Å². The molecule has 0 amide bonds. The minimum absolute atomic E-state index is 0.895. The third kappa shape index (κ3) is 1.55. The molecule has 2 bridgehead atoms. The lowest BCUT2D eigenvalue weighted by molar-refractivity contribution is -0.274. The molecule has 5 nitrogen and oxygen atoms in total. The van der Waals surface area contributed by atoms with Crippen LogP contribution >= 0.6 is 0 Å². The molecule has 0 aromatic carbocycles. The van der Waals surface area contributed by atoms with Crippen LogP contribution in [0.5, 0.6) is 0 Å². The van der Waals surface area contributed by atoms with Gasteiger partial charge in [-0.25, -0.2) is 0 Å². The number of nitrogens with zero attached hydrogens (tertiary/aromatic N) is 2. The molecule has 11 heteroatoms. The van der Waals surface area contributed by atoms with E-state index in [0.717, 1.165) is 28.1 Å². The maximum atomic E-state index is 14.0. The zero-order valence-electron chi connectivity index (χ0n) is 13.2. The Morgan fingerprint density at radius 1 is 0.792 bits per heavy atom. The number of rotatable bonds is 2. The van der Waals surface area contributed by atoms with E-state index in [4.69, 9.17) is 14.2 Å². The Morgan fingerprint density at radius 2 is 1.12 bits per heavy atom. The van der Waals surface area contributed by atoms with E-state index in [1.807, 2.05) is 0 Å². The van der Waals surface area contributed by atoms with Crippen molar-refractivity contribution >= 4 is 0 Å². The highest BCUT2D eigenvalue weighted by Gasteiger charge is 2.94. The lowest BCUT2D eigenvalue weighted by atomic mass is 9.65. The first-order valence-corrected chi connectivity index (χ1v) is 7.12. The molecule has 3 rings (SSSR count). The number of alkyl halides is 6. The van der Waals surface area contributed by atoms with Gasteiger partial charge in [0.05, 0.1) is 11.8 Å². The van der Waals surface area contributed by atoms with Crippen molar-refractivity contribution in [3.63, 3.8) is 0 Å². The first-order chi connectivity index (χ1) is 10.8. The van der Waals surface area contributed by atoms with Gasteiger partial charge in [-0.15, -0.1) is 0 Å². The summed E-state index contributed by atoms with van der Waals surface area (Å²) in [5, 5.41) is 6.34. The number of hydrogen-bond donors (Lipinski definition) is 0. The van der Waals surface area contributed by atoms with Crippen molar-refractivity contribution < 1.29 is 40.6 Å². The second-order valence-electron chi connectivity index (χ2n) is 6.75. The van der Waals surface area contributed by atoms with Gasteiger partial charge in [-0.05, 0) is 0 Å². The molecule has 0 unspecified atom stereocenters. The summed E-state index contributed by atoms with van der Waals surface area (Å²) in [5.74, 6) is -3.44. The molecule has 0 aromatic heterocycles. The molecule has 0 radical (unpaired) electrons. The standard InChI is InChI=1S/C13H16F6N2O3/c1-9(2)10(12(14,15)16)5-6(8(23-4)24-7(5)22-3)11(9,21-20-10)13(17,18)19/h5-8H,1-4H3/t5-,6+,7-,8+,10+,11-. The maximum absolute atomic E-state index is 14.0.